The van der Waals surface area contributed by atoms with Crippen LogP contribution in [0.25, 0.3) is 24.3 Å². The lowest BCUT2D eigenvalue weighted by Gasteiger charge is -2.03. The Balaban J connectivity index is 0.000000297. The SMILES string of the molecule is C/C=C/c1ccc(C(=O)C(=O)c2ccc(/C=C/C(=O)NCCc3ccccc3)cc2)cc1.C/C=C/c1ccc(C(=O)C(=O)c2ccc(/C=C/C(O)O)cc2)cc1.ClCCl.NCCc1ccccc1. The van der Waals surface area contributed by atoms with Gasteiger partial charge in [0.2, 0.25) is 29.0 Å². The molecule has 6 aromatic rings. The molecule has 0 spiro atoms. The monoisotopic (exact) mass is 950 g/mol. The molecule has 5 N–H and O–H groups in total. The normalized spacial score (nSPS) is 10.8. The fourth-order valence-electron chi connectivity index (χ4n) is 6.11. The molecule has 11 heteroatoms. The summed E-state index contributed by atoms with van der Waals surface area (Å²) in [5.41, 5.74) is 12.6. The molecule has 0 radical (unpaired) electrons. The summed E-state index contributed by atoms with van der Waals surface area (Å²) in [4.78, 5) is 61.5. The number of benzene rings is 6. The average molecular weight is 952 g/mol. The Morgan fingerprint density at radius 1 is 0.500 bits per heavy atom. The second-order valence-corrected chi connectivity index (χ2v) is 15.4. The number of nitrogens with one attached hydrogen (secondary N) is 1. The van der Waals surface area contributed by atoms with Gasteiger partial charge in [-0.05, 0) is 78.8 Å². The Morgan fingerprint density at radius 2 is 0.824 bits per heavy atom. The Labute approximate surface area is 409 Å². The van der Waals surface area contributed by atoms with Crippen LogP contribution in [0.2, 0.25) is 0 Å². The van der Waals surface area contributed by atoms with E-state index in [4.69, 9.17) is 39.1 Å². The van der Waals surface area contributed by atoms with Crippen LogP contribution in [0.1, 0.15) is 88.7 Å². The zero-order chi connectivity index (χ0) is 49.5. The quantitative estimate of drug-likeness (QED) is 0.0231. The van der Waals surface area contributed by atoms with E-state index >= 15 is 0 Å². The molecule has 0 aliphatic heterocycles. The molecule has 0 aromatic heterocycles. The number of rotatable bonds is 17. The van der Waals surface area contributed by atoms with Crippen molar-refractivity contribution in [2.24, 2.45) is 5.73 Å². The van der Waals surface area contributed by atoms with Gasteiger partial charge in [-0.3, -0.25) is 24.0 Å². The zero-order valence-electron chi connectivity index (χ0n) is 38.0. The van der Waals surface area contributed by atoms with Crippen LogP contribution in [-0.2, 0) is 17.6 Å². The number of allylic oxidation sites excluding steroid dienone is 2. The van der Waals surface area contributed by atoms with E-state index in [1.54, 1.807) is 91.0 Å². The van der Waals surface area contributed by atoms with E-state index in [2.05, 4.69) is 17.4 Å². The predicted molar refractivity (Wildman–Crippen MR) is 278 cm³/mol. The van der Waals surface area contributed by atoms with Crippen LogP contribution in [0.15, 0.2) is 182 Å². The summed E-state index contributed by atoms with van der Waals surface area (Å²) >= 11 is 9.53. The van der Waals surface area contributed by atoms with Gasteiger partial charge in [0.15, 0.2) is 6.29 Å². The Morgan fingerprint density at radius 3 is 1.15 bits per heavy atom. The number of amides is 1. The van der Waals surface area contributed by atoms with Crippen molar-refractivity contribution in [3.05, 3.63) is 238 Å². The first kappa shape index (κ1) is 55.2. The average Bonchev–Trinajstić information content (AvgIpc) is 3.36. The topological polar surface area (TPSA) is 164 Å². The van der Waals surface area contributed by atoms with Gasteiger partial charge in [-0.15, -0.1) is 23.2 Å². The number of ketones is 4. The second kappa shape index (κ2) is 31.7. The molecule has 0 heterocycles. The van der Waals surface area contributed by atoms with E-state index in [1.165, 1.54) is 41.5 Å². The molecule has 0 saturated carbocycles. The molecule has 0 aliphatic carbocycles. The van der Waals surface area contributed by atoms with Crippen LogP contribution in [0.5, 0.6) is 0 Å². The molecular formula is C57H56Cl2N2O7. The lowest BCUT2D eigenvalue weighted by atomic mass is 9.99. The fraction of sp³-hybridized carbons (Fsp3) is 0.140. The van der Waals surface area contributed by atoms with Gasteiger partial charge in [-0.1, -0.05) is 188 Å². The van der Waals surface area contributed by atoms with Gasteiger partial charge in [0.1, 0.15) is 0 Å². The van der Waals surface area contributed by atoms with Gasteiger partial charge in [-0.2, -0.15) is 0 Å². The fourth-order valence-corrected chi connectivity index (χ4v) is 6.11. The second-order valence-electron chi connectivity index (χ2n) is 14.6. The number of carbonyl (C=O) groups is 5. The largest absolute Gasteiger partial charge is 0.365 e. The van der Waals surface area contributed by atoms with Crippen molar-refractivity contribution >= 4 is 76.5 Å². The standard InChI is InChI=1S/C28H25NO3.C20H18O4.C8H11N.CH2Cl2/c1-2-6-21-9-14-24(15-10-21)27(31)28(32)25-16-11-23(12-17-25)13-18-26(30)29-20-19-22-7-4-3-5-8-22;1-2-3-14-4-9-16(10-5-14)19(23)20(24)17-11-6-15(7-12-17)8-13-18(21)22;9-7-6-8-4-2-1-3-5-8;2-1-3/h2-18H,19-20H2,1H3,(H,29,30);2-13,18,21-22H,1H3;1-5H,6-7,9H2;1H2/b6-2+,18-13+;3-2+,13-8+;;. The van der Waals surface area contributed by atoms with Crippen molar-refractivity contribution < 1.29 is 34.2 Å². The summed E-state index contributed by atoms with van der Waals surface area (Å²) < 4.78 is 0. The zero-order valence-corrected chi connectivity index (χ0v) is 39.5. The molecular weight excluding hydrogens is 896 g/mol. The number of aliphatic hydroxyl groups excluding tert-OH is 1. The van der Waals surface area contributed by atoms with Gasteiger partial charge >= 0.3 is 0 Å². The first-order valence-electron chi connectivity index (χ1n) is 21.7. The molecule has 0 bridgehead atoms. The Kier molecular flexibility index (Phi) is 25.8. The maximum absolute atomic E-state index is 12.5. The third-order valence-corrected chi connectivity index (χ3v) is 9.54. The van der Waals surface area contributed by atoms with Gasteiger partial charge in [-0.25, -0.2) is 0 Å². The molecule has 0 aliphatic rings. The number of aliphatic hydroxyl groups is 2. The molecule has 0 saturated heterocycles. The van der Waals surface area contributed by atoms with Crippen LogP contribution in [0.4, 0.5) is 0 Å². The predicted octanol–water partition coefficient (Wildman–Crippen LogP) is 10.9. The van der Waals surface area contributed by atoms with Crippen LogP contribution < -0.4 is 11.1 Å². The highest BCUT2D eigenvalue weighted by atomic mass is 35.5. The van der Waals surface area contributed by atoms with E-state index in [9.17, 15) is 24.0 Å². The maximum Gasteiger partial charge on any atom is 0.244 e. The number of halogens is 2. The van der Waals surface area contributed by atoms with Crippen LogP contribution in [0, 0.1) is 0 Å². The third kappa shape index (κ3) is 20.6. The van der Waals surface area contributed by atoms with Crippen molar-refractivity contribution in [3.63, 3.8) is 0 Å². The Bertz CT molecular complexity index is 2590. The lowest BCUT2D eigenvalue weighted by molar-refractivity contribution is -0.116. The van der Waals surface area contributed by atoms with Crippen molar-refractivity contribution in [2.75, 3.05) is 18.4 Å². The van der Waals surface area contributed by atoms with E-state index in [1.807, 2.05) is 86.7 Å². The number of hydrogen-bond donors (Lipinski definition) is 4. The minimum atomic E-state index is -1.53. The van der Waals surface area contributed by atoms with E-state index in [-0.39, 0.29) is 11.2 Å². The molecule has 9 nitrogen and oxygen atoms in total. The molecule has 350 valence electrons. The minimum absolute atomic E-state index is 0.183. The third-order valence-electron chi connectivity index (χ3n) is 9.54. The lowest BCUT2D eigenvalue weighted by Crippen LogP contribution is -2.23. The summed E-state index contributed by atoms with van der Waals surface area (Å²) in [6, 6.07) is 46.9. The van der Waals surface area contributed by atoms with Crippen molar-refractivity contribution in [2.45, 2.75) is 33.0 Å². The van der Waals surface area contributed by atoms with Crippen molar-refractivity contribution in [1.29, 1.82) is 0 Å². The highest BCUT2D eigenvalue weighted by Gasteiger charge is 2.19. The molecule has 0 atom stereocenters. The molecule has 1 amide bonds. The summed E-state index contributed by atoms with van der Waals surface area (Å²) in [5, 5.41) is 20.6. The van der Waals surface area contributed by atoms with Crippen LogP contribution in [0.3, 0.4) is 0 Å². The van der Waals surface area contributed by atoms with E-state index < -0.39 is 29.4 Å². The maximum atomic E-state index is 12.5. The number of nitrogens with two attached hydrogens (primary N) is 1. The number of carbonyl (C=O) groups excluding carboxylic acids is 5. The molecule has 0 fully saturated rings. The van der Waals surface area contributed by atoms with E-state index in [0.717, 1.165) is 36.1 Å². The van der Waals surface area contributed by atoms with E-state index in [0.29, 0.717) is 34.4 Å². The van der Waals surface area contributed by atoms with Crippen molar-refractivity contribution in [1.82, 2.24) is 5.32 Å². The summed E-state index contributed by atoms with van der Waals surface area (Å²) in [5.74, 6) is -2.42. The highest BCUT2D eigenvalue weighted by molar-refractivity contribution is 6.49. The Hall–Kier alpha value is -7.11. The molecule has 6 aromatic carbocycles. The number of hydrogen-bond acceptors (Lipinski definition) is 8. The molecule has 0 unspecified atom stereocenters. The van der Waals surface area contributed by atoms with Gasteiger partial charge in [0, 0.05) is 34.9 Å². The van der Waals surface area contributed by atoms with Crippen LogP contribution >= 0.6 is 23.2 Å². The first-order chi connectivity index (χ1) is 32.9. The molecule has 6 rings (SSSR count). The minimum Gasteiger partial charge on any atom is -0.365 e. The highest BCUT2D eigenvalue weighted by Crippen LogP contribution is 2.15. The smallest absolute Gasteiger partial charge is 0.244 e. The van der Waals surface area contributed by atoms with Gasteiger partial charge in [0.05, 0.1) is 5.34 Å². The summed E-state index contributed by atoms with van der Waals surface area (Å²) in [6.07, 6.45) is 13.7. The van der Waals surface area contributed by atoms with Gasteiger partial charge in [0.25, 0.3) is 0 Å². The molecule has 68 heavy (non-hydrogen) atoms. The summed E-state index contributed by atoms with van der Waals surface area (Å²) in [7, 11) is 0. The van der Waals surface area contributed by atoms with Crippen LogP contribution in [-0.4, -0.2) is 64.0 Å². The first-order valence-corrected chi connectivity index (χ1v) is 22.7. The number of alkyl halides is 2. The number of Topliss-reactive ketones (excluding diaryl/α,β-unsaturated/α-hetero) is 4. The van der Waals surface area contributed by atoms with Crippen molar-refractivity contribution in [3.8, 4) is 0 Å². The summed E-state index contributed by atoms with van der Waals surface area (Å²) in [6.45, 7) is 5.12. The van der Waals surface area contributed by atoms with Gasteiger partial charge < -0.3 is 21.3 Å².